The molecule has 5 nitrogen and oxygen atoms in total. The van der Waals surface area contributed by atoms with Crippen LogP contribution in [-0.2, 0) is 0 Å². The van der Waals surface area contributed by atoms with Gasteiger partial charge in [-0.1, -0.05) is 25.4 Å². The Morgan fingerprint density at radius 1 is 1.28 bits per heavy atom. The van der Waals surface area contributed by atoms with Crippen molar-refractivity contribution in [2.45, 2.75) is 32.7 Å². The molecule has 0 radical (unpaired) electrons. The van der Waals surface area contributed by atoms with Crippen molar-refractivity contribution in [3.8, 4) is 17.0 Å². The van der Waals surface area contributed by atoms with Gasteiger partial charge in [0.2, 0.25) is 0 Å². The SMILES string of the molecule is CC(C)C[C@](C)(N)COc1ccc(-c2ncnc3[nH]ccc23)cc1Cl. The molecule has 2 aromatic heterocycles. The summed E-state index contributed by atoms with van der Waals surface area (Å²) in [4.78, 5) is 11.7. The van der Waals surface area contributed by atoms with Crippen molar-refractivity contribution in [2.75, 3.05) is 6.61 Å². The summed E-state index contributed by atoms with van der Waals surface area (Å²) in [6, 6.07) is 7.63. The number of aromatic nitrogens is 3. The highest BCUT2D eigenvalue weighted by Crippen LogP contribution is 2.32. The molecule has 3 aromatic rings. The monoisotopic (exact) mass is 358 g/mol. The Morgan fingerprint density at radius 2 is 2.08 bits per heavy atom. The van der Waals surface area contributed by atoms with Crippen molar-refractivity contribution >= 4 is 22.6 Å². The highest BCUT2D eigenvalue weighted by molar-refractivity contribution is 6.32. The van der Waals surface area contributed by atoms with Crippen molar-refractivity contribution in [2.24, 2.45) is 11.7 Å². The first-order valence-corrected chi connectivity index (χ1v) is 8.73. The third-order valence-electron chi connectivity index (χ3n) is 3.99. The van der Waals surface area contributed by atoms with Gasteiger partial charge in [0.1, 0.15) is 24.3 Å². The fraction of sp³-hybridized carbons (Fsp3) is 0.368. The molecule has 25 heavy (non-hydrogen) atoms. The number of nitrogens with two attached hydrogens (primary N) is 1. The number of benzene rings is 1. The fourth-order valence-electron chi connectivity index (χ4n) is 3.10. The molecule has 0 aliphatic carbocycles. The smallest absolute Gasteiger partial charge is 0.141 e. The van der Waals surface area contributed by atoms with Gasteiger partial charge < -0.3 is 15.5 Å². The van der Waals surface area contributed by atoms with E-state index in [1.54, 1.807) is 0 Å². The molecule has 6 heteroatoms. The quantitative estimate of drug-likeness (QED) is 0.683. The van der Waals surface area contributed by atoms with Crippen LogP contribution in [0.15, 0.2) is 36.8 Å². The first-order valence-electron chi connectivity index (χ1n) is 8.35. The molecule has 0 aliphatic heterocycles. The van der Waals surface area contributed by atoms with E-state index in [0.717, 1.165) is 28.7 Å². The molecule has 0 aliphatic rings. The van der Waals surface area contributed by atoms with E-state index in [-0.39, 0.29) is 5.54 Å². The predicted octanol–water partition coefficient (Wildman–Crippen LogP) is 4.42. The van der Waals surface area contributed by atoms with Gasteiger partial charge in [-0.15, -0.1) is 0 Å². The molecule has 0 bridgehead atoms. The van der Waals surface area contributed by atoms with Crippen molar-refractivity contribution in [1.29, 1.82) is 0 Å². The molecule has 2 heterocycles. The second-order valence-corrected chi connectivity index (χ2v) is 7.56. The number of hydrogen-bond acceptors (Lipinski definition) is 4. The van der Waals surface area contributed by atoms with E-state index >= 15 is 0 Å². The van der Waals surface area contributed by atoms with Crippen LogP contribution in [0, 0.1) is 5.92 Å². The van der Waals surface area contributed by atoms with E-state index in [0.29, 0.717) is 23.3 Å². The normalized spacial score (nSPS) is 14.0. The maximum atomic E-state index is 6.42. The van der Waals surface area contributed by atoms with Crippen LogP contribution in [-0.4, -0.2) is 27.1 Å². The van der Waals surface area contributed by atoms with Crippen LogP contribution in [0.4, 0.5) is 0 Å². The van der Waals surface area contributed by atoms with Crippen molar-refractivity contribution < 1.29 is 4.74 Å². The second kappa shape index (κ2) is 7.02. The fourth-order valence-corrected chi connectivity index (χ4v) is 3.34. The molecule has 0 spiro atoms. The molecule has 132 valence electrons. The van der Waals surface area contributed by atoms with Gasteiger partial charge in [0.05, 0.1) is 10.7 Å². The number of ether oxygens (including phenoxy) is 1. The number of rotatable bonds is 6. The minimum absolute atomic E-state index is 0.389. The summed E-state index contributed by atoms with van der Waals surface area (Å²) in [6.45, 7) is 6.71. The van der Waals surface area contributed by atoms with E-state index in [1.807, 2.05) is 37.4 Å². The largest absolute Gasteiger partial charge is 0.490 e. The Labute approximate surface area is 152 Å². The van der Waals surface area contributed by atoms with Crippen molar-refractivity contribution in [1.82, 2.24) is 15.0 Å². The van der Waals surface area contributed by atoms with Crippen LogP contribution in [0.5, 0.6) is 5.75 Å². The third-order valence-corrected chi connectivity index (χ3v) is 4.29. The van der Waals surface area contributed by atoms with E-state index in [9.17, 15) is 0 Å². The zero-order chi connectivity index (χ0) is 18.0. The summed E-state index contributed by atoms with van der Waals surface area (Å²) in [6.07, 6.45) is 4.27. The summed E-state index contributed by atoms with van der Waals surface area (Å²) >= 11 is 6.42. The van der Waals surface area contributed by atoms with Crippen molar-refractivity contribution in [3.63, 3.8) is 0 Å². The van der Waals surface area contributed by atoms with E-state index < -0.39 is 0 Å². The number of aromatic amines is 1. The Morgan fingerprint density at radius 3 is 2.80 bits per heavy atom. The van der Waals surface area contributed by atoms with Gasteiger partial charge in [-0.05, 0) is 43.5 Å². The third kappa shape index (κ3) is 4.11. The first-order chi connectivity index (χ1) is 11.9. The minimum atomic E-state index is -0.389. The van der Waals surface area contributed by atoms with Crippen LogP contribution in [0.2, 0.25) is 5.02 Å². The highest BCUT2D eigenvalue weighted by Gasteiger charge is 2.21. The maximum Gasteiger partial charge on any atom is 0.141 e. The Kier molecular flexibility index (Phi) is 4.97. The van der Waals surface area contributed by atoms with Crippen LogP contribution >= 0.6 is 11.6 Å². The van der Waals surface area contributed by atoms with Gasteiger partial charge in [-0.25, -0.2) is 9.97 Å². The van der Waals surface area contributed by atoms with Gasteiger partial charge in [0.15, 0.2) is 0 Å². The van der Waals surface area contributed by atoms with Gasteiger partial charge >= 0.3 is 0 Å². The topological polar surface area (TPSA) is 76.8 Å². The number of fused-ring (bicyclic) bond motifs is 1. The molecule has 1 aromatic carbocycles. The van der Waals surface area contributed by atoms with E-state index in [2.05, 4.69) is 28.8 Å². The number of hydrogen-bond donors (Lipinski definition) is 2. The lowest BCUT2D eigenvalue weighted by molar-refractivity contribution is 0.207. The van der Waals surface area contributed by atoms with Crippen LogP contribution < -0.4 is 10.5 Å². The van der Waals surface area contributed by atoms with Crippen LogP contribution in [0.3, 0.4) is 0 Å². The van der Waals surface area contributed by atoms with Crippen LogP contribution in [0.1, 0.15) is 27.2 Å². The Balaban J connectivity index is 1.81. The lowest BCUT2D eigenvalue weighted by Crippen LogP contribution is -2.43. The van der Waals surface area contributed by atoms with E-state index in [4.69, 9.17) is 22.1 Å². The van der Waals surface area contributed by atoms with E-state index in [1.165, 1.54) is 6.33 Å². The minimum Gasteiger partial charge on any atom is -0.490 e. The lowest BCUT2D eigenvalue weighted by Gasteiger charge is -2.26. The molecular weight excluding hydrogens is 336 g/mol. The second-order valence-electron chi connectivity index (χ2n) is 7.15. The summed E-state index contributed by atoms with van der Waals surface area (Å²) in [5, 5.41) is 1.50. The van der Waals surface area contributed by atoms with Gasteiger partial charge in [0.25, 0.3) is 0 Å². The number of H-pyrrole nitrogens is 1. The molecule has 3 rings (SSSR count). The van der Waals surface area contributed by atoms with Gasteiger partial charge in [-0.3, -0.25) is 0 Å². The standard InChI is InChI=1S/C19H23ClN4O/c1-12(2)9-19(3,21)10-25-16-5-4-13(8-15(16)20)17-14-6-7-22-18(14)24-11-23-17/h4-8,11-12H,9-10,21H2,1-3H3,(H,22,23,24)/t19-/m0/s1. The molecule has 3 N–H and O–H groups in total. The molecular formula is C19H23ClN4O. The van der Waals surface area contributed by atoms with Crippen LogP contribution in [0.25, 0.3) is 22.3 Å². The van der Waals surface area contributed by atoms with Gasteiger partial charge in [0, 0.05) is 22.7 Å². The highest BCUT2D eigenvalue weighted by atomic mass is 35.5. The predicted molar refractivity (Wildman–Crippen MR) is 102 cm³/mol. The summed E-state index contributed by atoms with van der Waals surface area (Å²) < 4.78 is 5.87. The number of nitrogens with zero attached hydrogens (tertiary/aromatic N) is 2. The van der Waals surface area contributed by atoms with Crippen molar-refractivity contribution in [3.05, 3.63) is 41.8 Å². The summed E-state index contributed by atoms with van der Waals surface area (Å²) in [7, 11) is 0. The summed E-state index contributed by atoms with van der Waals surface area (Å²) in [5.74, 6) is 1.14. The molecule has 0 saturated carbocycles. The lowest BCUT2D eigenvalue weighted by atomic mass is 9.93. The number of halogens is 1. The average molecular weight is 359 g/mol. The van der Waals surface area contributed by atoms with Gasteiger partial charge in [-0.2, -0.15) is 0 Å². The Hall–Kier alpha value is -2.11. The molecule has 0 saturated heterocycles. The zero-order valence-electron chi connectivity index (χ0n) is 14.7. The maximum absolute atomic E-state index is 6.42. The average Bonchev–Trinajstić information content (AvgIpc) is 3.01. The molecule has 0 unspecified atom stereocenters. The Bertz CT molecular complexity index is 873. The first kappa shape index (κ1) is 17.7. The zero-order valence-corrected chi connectivity index (χ0v) is 15.5. The number of nitrogens with one attached hydrogen (secondary N) is 1. The molecule has 0 fully saturated rings. The molecule has 0 amide bonds. The summed E-state index contributed by atoms with van der Waals surface area (Å²) in [5.41, 5.74) is 8.46. The molecule has 1 atom stereocenters.